The zero-order valence-corrected chi connectivity index (χ0v) is 16.1. The minimum absolute atomic E-state index is 0.207. The maximum Gasteiger partial charge on any atom is 0.416 e. The summed E-state index contributed by atoms with van der Waals surface area (Å²) in [5, 5.41) is 4.22. The van der Waals surface area contributed by atoms with Crippen LogP contribution >= 0.6 is 0 Å². The van der Waals surface area contributed by atoms with Crippen LogP contribution in [0.3, 0.4) is 0 Å². The topological polar surface area (TPSA) is 46.8 Å². The summed E-state index contributed by atoms with van der Waals surface area (Å²) in [4.78, 5) is 11.3. The molecule has 0 aliphatic carbocycles. The zero-order valence-electron chi connectivity index (χ0n) is 16.1. The summed E-state index contributed by atoms with van der Waals surface area (Å²) in [6, 6.07) is 5.24. The standard InChI is InChI=1S/C21H22F3N5/c1-28-12-15(9-26-28)13-29-7-3-5-17(14-29)20-11-25-10-19(27-20)16-4-2-6-18(8-16)21(22,23)24/h2,4,6,8-12,17H,3,5,7,13-14H2,1H3/t17-/m1/s1. The van der Waals surface area contributed by atoms with E-state index in [4.69, 9.17) is 0 Å². The highest BCUT2D eigenvalue weighted by atomic mass is 19.4. The summed E-state index contributed by atoms with van der Waals surface area (Å²) in [5.41, 5.74) is 2.21. The molecule has 4 rings (SSSR count). The highest BCUT2D eigenvalue weighted by molar-refractivity contribution is 5.59. The van der Waals surface area contributed by atoms with Crippen molar-refractivity contribution in [3.8, 4) is 11.3 Å². The molecule has 0 N–H and O–H groups in total. The van der Waals surface area contributed by atoms with Crippen LogP contribution in [0.2, 0.25) is 0 Å². The number of likely N-dealkylation sites (tertiary alicyclic amines) is 1. The Morgan fingerprint density at radius 3 is 2.79 bits per heavy atom. The summed E-state index contributed by atoms with van der Waals surface area (Å²) >= 11 is 0. The van der Waals surface area contributed by atoms with Crippen molar-refractivity contribution in [1.29, 1.82) is 0 Å². The average Bonchev–Trinajstić information content (AvgIpc) is 3.12. The third-order valence-corrected chi connectivity index (χ3v) is 5.23. The number of halogens is 3. The Bertz CT molecular complexity index is 982. The van der Waals surface area contributed by atoms with Gasteiger partial charge >= 0.3 is 6.18 Å². The van der Waals surface area contributed by atoms with E-state index in [0.29, 0.717) is 11.3 Å². The van der Waals surface area contributed by atoms with Crippen molar-refractivity contribution >= 4 is 0 Å². The first-order valence-corrected chi connectivity index (χ1v) is 9.58. The van der Waals surface area contributed by atoms with Crippen molar-refractivity contribution in [2.45, 2.75) is 31.5 Å². The first-order chi connectivity index (χ1) is 13.9. The number of hydrogen-bond acceptors (Lipinski definition) is 4. The van der Waals surface area contributed by atoms with E-state index in [1.807, 2.05) is 19.4 Å². The molecule has 1 saturated heterocycles. The quantitative estimate of drug-likeness (QED) is 0.655. The van der Waals surface area contributed by atoms with Crippen LogP contribution in [0, 0.1) is 0 Å². The number of aryl methyl sites for hydroxylation is 1. The van der Waals surface area contributed by atoms with Crippen molar-refractivity contribution in [3.63, 3.8) is 0 Å². The van der Waals surface area contributed by atoms with Crippen molar-refractivity contribution in [2.24, 2.45) is 7.05 Å². The smallest absolute Gasteiger partial charge is 0.298 e. The first-order valence-electron chi connectivity index (χ1n) is 9.58. The molecule has 1 atom stereocenters. The Labute approximate surface area is 167 Å². The van der Waals surface area contributed by atoms with Gasteiger partial charge in [0, 0.05) is 49.6 Å². The van der Waals surface area contributed by atoms with Crippen LogP contribution in [0.15, 0.2) is 49.1 Å². The van der Waals surface area contributed by atoms with Crippen LogP contribution in [0.25, 0.3) is 11.3 Å². The van der Waals surface area contributed by atoms with Crippen molar-refractivity contribution in [2.75, 3.05) is 13.1 Å². The number of piperidine rings is 1. The molecular weight excluding hydrogens is 379 g/mol. The van der Waals surface area contributed by atoms with Crippen LogP contribution in [0.4, 0.5) is 13.2 Å². The van der Waals surface area contributed by atoms with E-state index >= 15 is 0 Å². The molecule has 0 bridgehead atoms. The van der Waals surface area contributed by atoms with Gasteiger partial charge in [-0.2, -0.15) is 18.3 Å². The second-order valence-electron chi connectivity index (χ2n) is 7.50. The molecule has 0 radical (unpaired) electrons. The number of rotatable bonds is 4. The van der Waals surface area contributed by atoms with Gasteiger partial charge in [-0.1, -0.05) is 12.1 Å². The van der Waals surface area contributed by atoms with Crippen LogP contribution in [-0.4, -0.2) is 37.7 Å². The molecule has 1 aliphatic rings. The molecule has 152 valence electrons. The van der Waals surface area contributed by atoms with E-state index in [1.165, 1.54) is 12.3 Å². The highest BCUT2D eigenvalue weighted by Crippen LogP contribution is 2.32. The van der Waals surface area contributed by atoms with Gasteiger partial charge in [0.1, 0.15) is 0 Å². The predicted octanol–water partition coefficient (Wildman–Crippen LogP) is 4.28. The van der Waals surface area contributed by atoms with Crippen LogP contribution in [-0.2, 0) is 19.8 Å². The van der Waals surface area contributed by atoms with Gasteiger partial charge < -0.3 is 0 Å². The predicted molar refractivity (Wildman–Crippen MR) is 103 cm³/mol. The number of nitrogens with zero attached hydrogens (tertiary/aromatic N) is 5. The number of alkyl halides is 3. The normalized spacial score (nSPS) is 18.1. The molecule has 1 fully saturated rings. The van der Waals surface area contributed by atoms with E-state index in [-0.39, 0.29) is 5.92 Å². The minimum Gasteiger partial charge on any atom is -0.298 e. The van der Waals surface area contributed by atoms with Crippen molar-refractivity contribution in [1.82, 2.24) is 24.6 Å². The van der Waals surface area contributed by atoms with Gasteiger partial charge in [-0.05, 0) is 31.5 Å². The summed E-state index contributed by atoms with van der Waals surface area (Å²) in [6.45, 7) is 2.67. The third kappa shape index (κ3) is 4.64. The third-order valence-electron chi connectivity index (χ3n) is 5.23. The summed E-state index contributed by atoms with van der Waals surface area (Å²) in [5.74, 6) is 0.207. The Balaban J connectivity index is 1.52. The fourth-order valence-electron chi connectivity index (χ4n) is 3.82. The minimum atomic E-state index is -4.38. The molecule has 2 aromatic heterocycles. The molecule has 1 aliphatic heterocycles. The van der Waals surface area contributed by atoms with Gasteiger partial charge in [0.2, 0.25) is 0 Å². The summed E-state index contributed by atoms with van der Waals surface area (Å²) in [7, 11) is 1.90. The van der Waals surface area contributed by atoms with E-state index in [2.05, 4.69) is 20.0 Å². The zero-order chi connectivity index (χ0) is 20.4. The molecule has 0 saturated carbocycles. The molecule has 8 heteroatoms. The SMILES string of the molecule is Cn1cc(CN2CCC[C@@H](c3cncc(-c4cccc(C(F)(F)F)c4)n3)C2)cn1. The molecule has 3 aromatic rings. The molecular formula is C21H22F3N5. The van der Waals surface area contributed by atoms with Crippen LogP contribution < -0.4 is 0 Å². The van der Waals surface area contributed by atoms with Crippen LogP contribution in [0.5, 0.6) is 0 Å². The Morgan fingerprint density at radius 2 is 2.03 bits per heavy atom. The fraction of sp³-hybridized carbons (Fsp3) is 0.381. The summed E-state index contributed by atoms with van der Waals surface area (Å²) in [6.07, 6.45) is 4.79. The molecule has 5 nitrogen and oxygen atoms in total. The Hall–Kier alpha value is -2.74. The Kier molecular flexibility index (Phi) is 5.36. The number of benzene rings is 1. The largest absolute Gasteiger partial charge is 0.416 e. The lowest BCUT2D eigenvalue weighted by molar-refractivity contribution is -0.137. The van der Waals surface area contributed by atoms with Gasteiger partial charge in [0.05, 0.1) is 29.3 Å². The molecule has 3 heterocycles. The maximum absolute atomic E-state index is 13.0. The Morgan fingerprint density at radius 1 is 1.17 bits per heavy atom. The van der Waals surface area contributed by atoms with Crippen molar-refractivity contribution in [3.05, 3.63) is 65.9 Å². The van der Waals surface area contributed by atoms with Crippen LogP contribution in [0.1, 0.15) is 35.6 Å². The molecule has 0 amide bonds. The van der Waals surface area contributed by atoms with Gasteiger partial charge in [-0.3, -0.25) is 14.6 Å². The first kappa shape index (κ1) is 19.6. The molecule has 1 aromatic carbocycles. The van der Waals surface area contributed by atoms with Gasteiger partial charge in [-0.25, -0.2) is 4.98 Å². The van der Waals surface area contributed by atoms with Gasteiger partial charge in [-0.15, -0.1) is 0 Å². The lowest BCUT2D eigenvalue weighted by Crippen LogP contribution is -2.34. The number of hydrogen-bond donors (Lipinski definition) is 0. The van der Waals surface area contributed by atoms with Crippen molar-refractivity contribution < 1.29 is 13.2 Å². The van der Waals surface area contributed by atoms with E-state index in [0.717, 1.165) is 55.9 Å². The van der Waals surface area contributed by atoms with Gasteiger partial charge in [0.25, 0.3) is 0 Å². The molecule has 29 heavy (non-hydrogen) atoms. The second kappa shape index (κ2) is 7.94. The number of aromatic nitrogens is 4. The van der Waals surface area contributed by atoms with Gasteiger partial charge in [0.15, 0.2) is 0 Å². The average molecular weight is 401 g/mol. The molecule has 0 spiro atoms. The van der Waals surface area contributed by atoms with E-state index in [1.54, 1.807) is 16.9 Å². The lowest BCUT2D eigenvalue weighted by Gasteiger charge is -2.32. The lowest BCUT2D eigenvalue weighted by atomic mass is 9.94. The summed E-state index contributed by atoms with van der Waals surface area (Å²) < 4.78 is 40.9. The monoisotopic (exact) mass is 401 g/mol. The van der Waals surface area contributed by atoms with E-state index in [9.17, 15) is 13.2 Å². The molecule has 0 unspecified atom stereocenters. The fourth-order valence-corrected chi connectivity index (χ4v) is 3.82. The maximum atomic E-state index is 13.0. The highest BCUT2D eigenvalue weighted by Gasteiger charge is 2.30. The second-order valence-corrected chi connectivity index (χ2v) is 7.50. The van der Waals surface area contributed by atoms with E-state index < -0.39 is 11.7 Å².